The van der Waals surface area contributed by atoms with Crippen molar-refractivity contribution < 1.29 is 4.79 Å². The smallest absolute Gasteiger partial charge is 0.224 e. The Labute approximate surface area is 104 Å². The predicted molar refractivity (Wildman–Crippen MR) is 68.5 cm³/mol. The molecule has 0 unspecified atom stereocenters. The molecule has 0 aliphatic carbocycles. The molecule has 16 heavy (non-hydrogen) atoms. The van der Waals surface area contributed by atoms with E-state index in [1.807, 2.05) is 25.1 Å². The van der Waals surface area contributed by atoms with E-state index in [2.05, 4.69) is 26.6 Å². The molecule has 0 bridgehead atoms. The third-order valence-corrected chi connectivity index (χ3v) is 3.67. The number of rotatable bonds is 3. The highest BCUT2D eigenvalue weighted by Gasteiger charge is 2.19. The summed E-state index contributed by atoms with van der Waals surface area (Å²) in [4.78, 5) is 11.7. The van der Waals surface area contributed by atoms with E-state index in [9.17, 15) is 4.79 Å². The summed E-state index contributed by atoms with van der Waals surface area (Å²) < 4.78 is 1.06. The second kappa shape index (κ2) is 4.97. The number of aryl methyl sites for hydroxylation is 1. The van der Waals surface area contributed by atoms with Gasteiger partial charge in [0.2, 0.25) is 5.91 Å². The van der Waals surface area contributed by atoms with Crippen LogP contribution in [0.5, 0.6) is 0 Å². The van der Waals surface area contributed by atoms with Crippen molar-refractivity contribution in [3.05, 3.63) is 28.2 Å². The third-order valence-electron chi connectivity index (χ3n) is 2.78. The molecule has 2 rings (SSSR count). The summed E-state index contributed by atoms with van der Waals surface area (Å²) in [5.74, 6) is 0.616. The normalized spacial score (nSPS) is 15.6. The SMILES string of the molecule is Cc1cc(NC(=O)CC2CNC2)ccc1Br. The van der Waals surface area contributed by atoms with Crippen LogP contribution in [-0.4, -0.2) is 19.0 Å². The Morgan fingerprint density at radius 2 is 2.31 bits per heavy atom. The summed E-state index contributed by atoms with van der Waals surface area (Å²) >= 11 is 3.44. The molecule has 1 heterocycles. The maximum atomic E-state index is 11.7. The van der Waals surface area contributed by atoms with Crippen LogP contribution in [0.2, 0.25) is 0 Å². The first-order valence-corrected chi connectivity index (χ1v) is 6.21. The Hall–Kier alpha value is -0.870. The van der Waals surface area contributed by atoms with Gasteiger partial charge >= 0.3 is 0 Å². The van der Waals surface area contributed by atoms with E-state index >= 15 is 0 Å². The lowest BCUT2D eigenvalue weighted by molar-refractivity contribution is -0.117. The topological polar surface area (TPSA) is 41.1 Å². The fourth-order valence-electron chi connectivity index (χ4n) is 1.69. The molecule has 1 saturated heterocycles. The van der Waals surface area contributed by atoms with Crippen molar-refractivity contribution in [2.75, 3.05) is 18.4 Å². The number of anilines is 1. The number of halogens is 1. The molecular formula is C12H15BrN2O. The van der Waals surface area contributed by atoms with Gasteiger partial charge in [-0.15, -0.1) is 0 Å². The van der Waals surface area contributed by atoms with Crippen molar-refractivity contribution in [2.24, 2.45) is 5.92 Å². The summed E-state index contributed by atoms with van der Waals surface area (Å²) in [6, 6.07) is 5.84. The van der Waals surface area contributed by atoms with E-state index in [-0.39, 0.29) is 5.91 Å². The first-order valence-electron chi connectivity index (χ1n) is 5.42. The average molecular weight is 283 g/mol. The lowest BCUT2D eigenvalue weighted by atomic mass is 9.99. The second-order valence-corrected chi connectivity index (χ2v) is 5.09. The van der Waals surface area contributed by atoms with Crippen LogP contribution < -0.4 is 10.6 Å². The summed E-state index contributed by atoms with van der Waals surface area (Å²) in [5, 5.41) is 6.08. The van der Waals surface area contributed by atoms with Crippen molar-refractivity contribution in [3.63, 3.8) is 0 Å². The van der Waals surface area contributed by atoms with Gasteiger partial charge in [0.05, 0.1) is 0 Å². The molecule has 1 aromatic carbocycles. The quantitative estimate of drug-likeness (QED) is 0.893. The largest absolute Gasteiger partial charge is 0.326 e. The second-order valence-electron chi connectivity index (χ2n) is 4.24. The van der Waals surface area contributed by atoms with Crippen molar-refractivity contribution >= 4 is 27.5 Å². The van der Waals surface area contributed by atoms with Gasteiger partial charge in [-0.25, -0.2) is 0 Å². The van der Waals surface area contributed by atoms with Crippen LogP contribution in [0.3, 0.4) is 0 Å². The van der Waals surface area contributed by atoms with Gasteiger partial charge in [-0.05, 0) is 49.7 Å². The van der Waals surface area contributed by atoms with E-state index in [1.165, 1.54) is 0 Å². The molecule has 1 fully saturated rings. The van der Waals surface area contributed by atoms with Crippen molar-refractivity contribution in [3.8, 4) is 0 Å². The molecule has 2 N–H and O–H groups in total. The van der Waals surface area contributed by atoms with E-state index in [1.54, 1.807) is 0 Å². The minimum atomic E-state index is 0.105. The van der Waals surface area contributed by atoms with Crippen LogP contribution in [0.25, 0.3) is 0 Å². The monoisotopic (exact) mass is 282 g/mol. The van der Waals surface area contributed by atoms with E-state index < -0.39 is 0 Å². The zero-order valence-corrected chi connectivity index (χ0v) is 10.8. The molecule has 0 radical (unpaired) electrons. The minimum Gasteiger partial charge on any atom is -0.326 e. The molecule has 4 heteroatoms. The Morgan fingerprint density at radius 3 is 2.88 bits per heavy atom. The maximum absolute atomic E-state index is 11.7. The average Bonchev–Trinajstić information content (AvgIpc) is 2.18. The van der Waals surface area contributed by atoms with Gasteiger partial charge in [0.25, 0.3) is 0 Å². The molecule has 86 valence electrons. The number of carbonyl (C=O) groups excluding carboxylic acids is 1. The van der Waals surface area contributed by atoms with Crippen LogP contribution in [0, 0.1) is 12.8 Å². The summed E-state index contributed by atoms with van der Waals surface area (Å²) in [6.07, 6.45) is 0.613. The van der Waals surface area contributed by atoms with Crippen molar-refractivity contribution in [1.29, 1.82) is 0 Å². The highest BCUT2D eigenvalue weighted by Crippen LogP contribution is 2.20. The van der Waals surface area contributed by atoms with Crippen LogP contribution in [0.1, 0.15) is 12.0 Å². The zero-order valence-electron chi connectivity index (χ0n) is 9.22. The molecule has 0 aromatic heterocycles. The molecule has 0 spiro atoms. The molecule has 1 aliphatic heterocycles. The maximum Gasteiger partial charge on any atom is 0.224 e. The van der Waals surface area contributed by atoms with Crippen LogP contribution in [0.15, 0.2) is 22.7 Å². The fourth-order valence-corrected chi connectivity index (χ4v) is 1.94. The van der Waals surface area contributed by atoms with Gasteiger partial charge in [-0.2, -0.15) is 0 Å². The summed E-state index contributed by atoms with van der Waals surface area (Å²) in [6.45, 7) is 3.94. The van der Waals surface area contributed by atoms with Crippen LogP contribution >= 0.6 is 15.9 Å². The van der Waals surface area contributed by atoms with Crippen molar-refractivity contribution in [1.82, 2.24) is 5.32 Å². The lowest BCUT2D eigenvalue weighted by Crippen LogP contribution is -2.43. The van der Waals surface area contributed by atoms with Gasteiger partial charge < -0.3 is 10.6 Å². The fraction of sp³-hybridized carbons (Fsp3) is 0.417. The summed E-state index contributed by atoms with van der Waals surface area (Å²) in [7, 11) is 0. The third kappa shape index (κ3) is 2.83. The van der Waals surface area contributed by atoms with Crippen molar-refractivity contribution in [2.45, 2.75) is 13.3 Å². The van der Waals surface area contributed by atoms with Crippen LogP contribution in [0.4, 0.5) is 5.69 Å². The number of carbonyl (C=O) groups is 1. The molecule has 0 saturated carbocycles. The number of benzene rings is 1. The number of hydrogen-bond acceptors (Lipinski definition) is 2. The Kier molecular flexibility index (Phi) is 3.61. The van der Waals surface area contributed by atoms with E-state index in [0.717, 1.165) is 28.8 Å². The molecular weight excluding hydrogens is 268 g/mol. The van der Waals surface area contributed by atoms with Gasteiger partial charge in [-0.3, -0.25) is 4.79 Å². The molecule has 3 nitrogen and oxygen atoms in total. The Bertz CT molecular complexity index is 402. The lowest BCUT2D eigenvalue weighted by Gasteiger charge is -2.26. The van der Waals surface area contributed by atoms with E-state index in [4.69, 9.17) is 0 Å². The van der Waals surface area contributed by atoms with Gasteiger partial charge in [-0.1, -0.05) is 15.9 Å². The molecule has 0 atom stereocenters. The predicted octanol–water partition coefficient (Wildman–Crippen LogP) is 2.31. The zero-order chi connectivity index (χ0) is 11.5. The number of amides is 1. The van der Waals surface area contributed by atoms with Gasteiger partial charge in [0.15, 0.2) is 0 Å². The standard InChI is InChI=1S/C12H15BrN2O/c1-8-4-10(2-3-11(8)13)15-12(16)5-9-6-14-7-9/h2-4,9,14H,5-7H2,1H3,(H,15,16). The van der Waals surface area contributed by atoms with Gasteiger partial charge in [0.1, 0.15) is 0 Å². The Balaban J connectivity index is 1.92. The molecule has 1 aliphatic rings. The van der Waals surface area contributed by atoms with Gasteiger partial charge in [0, 0.05) is 16.6 Å². The van der Waals surface area contributed by atoms with E-state index in [0.29, 0.717) is 12.3 Å². The highest BCUT2D eigenvalue weighted by molar-refractivity contribution is 9.10. The van der Waals surface area contributed by atoms with Crippen LogP contribution in [-0.2, 0) is 4.79 Å². The Morgan fingerprint density at radius 1 is 1.56 bits per heavy atom. The molecule has 1 aromatic rings. The first-order chi connectivity index (χ1) is 7.65. The minimum absolute atomic E-state index is 0.105. The summed E-state index contributed by atoms with van der Waals surface area (Å²) in [5.41, 5.74) is 2.00. The number of hydrogen-bond donors (Lipinski definition) is 2. The molecule has 1 amide bonds. The highest BCUT2D eigenvalue weighted by atomic mass is 79.9. The number of nitrogens with one attached hydrogen (secondary N) is 2. The first kappa shape index (κ1) is 11.6.